The Morgan fingerprint density at radius 2 is 2.28 bits per heavy atom. The summed E-state index contributed by atoms with van der Waals surface area (Å²) in [4.78, 5) is 22.4. The third kappa shape index (κ3) is 1.92. The Labute approximate surface area is 102 Å². The van der Waals surface area contributed by atoms with E-state index in [0.717, 1.165) is 0 Å². The molecule has 0 saturated carbocycles. The van der Waals surface area contributed by atoms with Crippen LogP contribution in [0.3, 0.4) is 0 Å². The van der Waals surface area contributed by atoms with Gasteiger partial charge in [-0.05, 0) is 19.1 Å². The highest BCUT2D eigenvalue weighted by Gasteiger charge is 2.34. The van der Waals surface area contributed by atoms with E-state index < -0.39 is 23.8 Å². The molecule has 0 spiro atoms. The van der Waals surface area contributed by atoms with E-state index in [0.29, 0.717) is 5.56 Å². The van der Waals surface area contributed by atoms with Crippen LogP contribution in [0.25, 0.3) is 11.9 Å². The minimum Gasteiger partial charge on any atom is -0.455 e. The summed E-state index contributed by atoms with van der Waals surface area (Å²) in [7, 11) is 0. The molecule has 18 heavy (non-hydrogen) atoms. The molecule has 6 heteroatoms. The summed E-state index contributed by atoms with van der Waals surface area (Å²) in [6, 6.07) is -0.0643. The monoisotopic (exact) mass is 250 g/mol. The lowest BCUT2D eigenvalue weighted by Crippen LogP contribution is -2.22. The molecular formula is C12H11FN2O3. The third-order valence-corrected chi connectivity index (χ3v) is 2.53. The summed E-state index contributed by atoms with van der Waals surface area (Å²) in [6.07, 6.45) is 2.66. The summed E-state index contributed by atoms with van der Waals surface area (Å²) in [6.45, 7) is 5.06. The molecule has 2 N–H and O–H groups in total. The number of imide groups is 1. The van der Waals surface area contributed by atoms with Crippen LogP contribution >= 0.6 is 0 Å². The smallest absolute Gasteiger partial charge is 0.322 e. The first kappa shape index (κ1) is 12.1. The SMILES string of the molecule is C=Cc1cc(C2NC(=O)NC2=O)oc1/C(F)=C\C. The second kappa shape index (κ2) is 4.48. The molecule has 1 unspecified atom stereocenters. The molecule has 0 radical (unpaired) electrons. The zero-order chi connectivity index (χ0) is 13.3. The van der Waals surface area contributed by atoms with E-state index in [-0.39, 0.29) is 11.5 Å². The van der Waals surface area contributed by atoms with Crippen LogP contribution < -0.4 is 10.6 Å². The molecule has 1 aromatic heterocycles. The van der Waals surface area contributed by atoms with Crippen molar-refractivity contribution in [2.24, 2.45) is 0 Å². The average Bonchev–Trinajstić information content (AvgIpc) is 2.91. The number of halogens is 1. The predicted molar refractivity (Wildman–Crippen MR) is 63.0 cm³/mol. The van der Waals surface area contributed by atoms with E-state index in [2.05, 4.69) is 17.2 Å². The van der Waals surface area contributed by atoms with Crippen LogP contribution in [0.5, 0.6) is 0 Å². The molecule has 0 aliphatic carbocycles. The van der Waals surface area contributed by atoms with Crippen LogP contribution in [0.15, 0.2) is 23.1 Å². The fourth-order valence-electron chi connectivity index (χ4n) is 1.65. The number of nitrogens with one attached hydrogen (secondary N) is 2. The van der Waals surface area contributed by atoms with Gasteiger partial charge in [0.25, 0.3) is 5.91 Å². The van der Waals surface area contributed by atoms with Gasteiger partial charge in [-0.3, -0.25) is 10.1 Å². The summed E-state index contributed by atoms with van der Waals surface area (Å²) in [5, 5.41) is 4.44. The zero-order valence-corrected chi connectivity index (χ0v) is 9.62. The first-order valence-corrected chi connectivity index (χ1v) is 5.26. The van der Waals surface area contributed by atoms with Gasteiger partial charge in [-0.1, -0.05) is 12.7 Å². The van der Waals surface area contributed by atoms with Gasteiger partial charge >= 0.3 is 6.03 Å². The number of rotatable bonds is 3. The number of carbonyl (C=O) groups is 2. The summed E-state index contributed by atoms with van der Waals surface area (Å²) in [5.74, 6) is -0.922. The standard InChI is InChI=1S/C12H11FN2O3/c1-3-6-5-8(18-10(6)7(13)4-2)9-11(16)15-12(17)14-9/h3-5,9H,1H2,2H3,(H2,14,15,16,17)/b7-4+. The van der Waals surface area contributed by atoms with Gasteiger partial charge in [-0.15, -0.1) is 0 Å². The maximum absolute atomic E-state index is 13.5. The van der Waals surface area contributed by atoms with E-state index >= 15 is 0 Å². The molecule has 5 nitrogen and oxygen atoms in total. The molecule has 1 fully saturated rings. The number of carbonyl (C=O) groups excluding carboxylic acids is 2. The van der Waals surface area contributed by atoms with Crippen molar-refractivity contribution < 1.29 is 18.4 Å². The van der Waals surface area contributed by atoms with E-state index in [4.69, 9.17) is 4.42 Å². The Bertz CT molecular complexity index is 560. The molecule has 1 aliphatic rings. The molecule has 3 amide bonds. The molecular weight excluding hydrogens is 239 g/mol. The fourth-order valence-corrected chi connectivity index (χ4v) is 1.65. The van der Waals surface area contributed by atoms with Gasteiger partial charge < -0.3 is 9.73 Å². The van der Waals surface area contributed by atoms with Gasteiger partial charge in [0.2, 0.25) is 0 Å². The van der Waals surface area contributed by atoms with Crippen LogP contribution in [0, 0.1) is 0 Å². The van der Waals surface area contributed by atoms with E-state index in [1.807, 2.05) is 0 Å². The quantitative estimate of drug-likeness (QED) is 0.807. The molecule has 94 valence electrons. The molecule has 0 bridgehead atoms. The Hall–Kier alpha value is -2.37. The number of hydrogen-bond donors (Lipinski definition) is 2. The molecule has 0 aromatic carbocycles. The van der Waals surface area contributed by atoms with Crippen molar-refractivity contribution >= 4 is 23.8 Å². The first-order chi connectivity index (χ1) is 8.56. The topological polar surface area (TPSA) is 71.3 Å². The lowest BCUT2D eigenvalue weighted by Gasteiger charge is -2.01. The number of allylic oxidation sites excluding steroid dienone is 1. The lowest BCUT2D eigenvalue weighted by atomic mass is 10.1. The van der Waals surface area contributed by atoms with E-state index in [1.54, 1.807) is 0 Å². The van der Waals surface area contributed by atoms with Gasteiger partial charge in [0.15, 0.2) is 17.6 Å². The van der Waals surface area contributed by atoms with Crippen molar-refractivity contribution in [3.8, 4) is 0 Å². The van der Waals surface area contributed by atoms with E-state index in [9.17, 15) is 14.0 Å². The van der Waals surface area contributed by atoms with Crippen molar-refractivity contribution in [3.05, 3.63) is 35.8 Å². The third-order valence-electron chi connectivity index (χ3n) is 2.53. The predicted octanol–water partition coefficient (Wildman–Crippen LogP) is 2.13. The maximum atomic E-state index is 13.5. The average molecular weight is 250 g/mol. The maximum Gasteiger partial charge on any atom is 0.322 e. The largest absolute Gasteiger partial charge is 0.455 e. The van der Waals surface area contributed by atoms with Gasteiger partial charge in [-0.25, -0.2) is 9.18 Å². The molecule has 2 rings (SSSR count). The minimum absolute atomic E-state index is 0.00329. The Balaban J connectivity index is 2.42. The molecule has 1 atom stereocenters. The van der Waals surface area contributed by atoms with Gasteiger partial charge in [-0.2, -0.15) is 0 Å². The first-order valence-electron chi connectivity index (χ1n) is 5.26. The second-order valence-electron chi connectivity index (χ2n) is 3.67. The summed E-state index contributed by atoms with van der Waals surface area (Å²) in [5.41, 5.74) is 0.426. The van der Waals surface area contributed by atoms with Crippen LogP contribution in [0.4, 0.5) is 9.18 Å². The zero-order valence-electron chi connectivity index (χ0n) is 9.62. The van der Waals surface area contributed by atoms with Gasteiger partial charge in [0.05, 0.1) is 0 Å². The fraction of sp³-hybridized carbons (Fsp3) is 0.167. The van der Waals surface area contributed by atoms with E-state index in [1.165, 1.54) is 25.1 Å². The summed E-state index contributed by atoms with van der Waals surface area (Å²) >= 11 is 0. The normalized spacial score (nSPS) is 19.7. The number of urea groups is 1. The lowest BCUT2D eigenvalue weighted by molar-refractivity contribution is -0.120. The van der Waals surface area contributed by atoms with Crippen LogP contribution in [-0.4, -0.2) is 11.9 Å². The Kier molecular flexibility index (Phi) is 3.01. The van der Waals surface area contributed by atoms with Crippen molar-refractivity contribution in [1.82, 2.24) is 10.6 Å². The molecule has 1 aliphatic heterocycles. The van der Waals surface area contributed by atoms with Crippen molar-refractivity contribution in [1.29, 1.82) is 0 Å². The minimum atomic E-state index is -0.936. The molecule has 2 heterocycles. The van der Waals surface area contributed by atoms with Gasteiger partial charge in [0.1, 0.15) is 5.76 Å². The van der Waals surface area contributed by atoms with Crippen molar-refractivity contribution in [2.45, 2.75) is 13.0 Å². The van der Waals surface area contributed by atoms with Crippen LogP contribution in [0.1, 0.15) is 30.0 Å². The van der Waals surface area contributed by atoms with Gasteiger partial charge in [0, 0.05) is 5.56 Å². The van der Waals surface area contributed by atoms with Crippen LogP contribution in [-0.2, 0) is 4.79 Å². The Morgan fingerprint density at radius 3 is 2.78 bits per heavy atom. The highest BCUT2D eigenvalue weighted by Crippen LogP contribution is 2.29. The second-order valence-corrected chi connectivity index (χ2v) is 3.67. The summed E-state index contributed by atoms with van der Waals surface area (Å²) < 4.78 is 18.8. The molecule has 1 aromatic rings. The van der Waals surface area contributed by atoms with Crippen molar-refractivity contribution in [2.75, 3.05) is 0 Å². The van der Waals surface area contributed by atoms with Crippen LogP contribution in [0.2, 0.25) is 0 Å². The van der Waals surface area contributed by atoms with Crippen molar-refractivity contribution in [3.63, 3.8) is 0 Å². The molecule has 1 saturated heterocycles. The highest BCUT2D eigenvalue weighted by molar-refractivity contribution is 6.04. The number of hydrogen-bond acceptors (Lipinski definition) is 3. The number of furan rings is 1. The Morgan fingerprint density at radius 1 is 1.56 bits per heavy atom. The number of amides is 3. The highest BCUT2D eigenvalue weighted by atomic mass is 19.1.